The van der Waals surface area contributed by atoms with Gasteiger partial charge in [0.25, 0.3) is 0 Å². The number of anilines is 1. The van der Waals surface area contributed by atoms with Crippen molar-refractivity contribution in [3.8, 4) is 0 Å². The highest BCUT2D eigenvalue weighted by atomic mass is 79.9. The second-order valence-corrected chi connectivity index (χ2v) is 7.22. The summed E-state index contributed by atoms with van der Waals surface area (Å²) >= 11 is 3.54. The number of hydrogen-bond donors (Lipinski definition) is 1. The number of rotatable bonds is 3. The van der Waals surface area contributed by atoms with E-state index >= 15 is 0 Å². The summed E-state index contributed by atoms with van der Waals surface area (Å²) in [5.74, 6) is 0. The molecule has 1 aromatic carbocycles. The van der Waals surface area contributed by atoms with Crippen LogP contribution in [0.5, 0.6) is 0 Å². The van der Waals surface area contributed by atoms with Gasteiger partial charge >= 0.3 is 0 Å². The fraction of sp³-hybridized carbons (Fsp3) is 0.647. The molecule has 3 heteroatoms. The summed E-state index contributed by atoms with van der Waals surface area (Å²) in [5, 5.41) is 3.53. The molecular formula is C17H24BrNO. The van der Waals surface area contributed by atoms with Crippen molar-refractivity contribution in [3.05, 3.63) is 28.2 Å². The summed E-state index contributed by atoms with van der Waals surface area (Å²) in [5.41, 5.74) is 2.70. The number of aryl methyl sites for hydroxylation is 1. The summed E-state index contributed by atoms with van der Waals surface area (Å²) in [6.45, 7) is 3.06. The topological polar surface area (TPSA) is 21.3 Å². The van der Waals surface area contributed by atoms with Gasteiger partial charge < -0.3 is 10.1 Å². The first-order chi connectivity index (χ1) is 9.67. The second-order valence-electron chi connectivity index (χ2n) is 6.37. The maximum Gasteiger partial charge on any atom is 0.0756 e. The molecule has 1 saturated carbocycles. The van der Waals surface area contributed by atoms with Gasteiger partial charge in [-0.2, -0.15) is 0 Å². The van der Waals surface area contributed by atoms with E-state index in [1.807, 2.05) is 0 Å². The molecule has 1 aromatic rings. The van der Waals surface area contributed by atoms with Crippen LogP contribution < -0.4 is 5.32 Å². The Balaban J connectivity index is 1.53. The van der Waals surface area contributed by atoms with Crippen molar-refractivity contribution in [2.24, 2.45) is 0 Å². The highest BCUT2D eigenvalue weighted by molar-refractivity contribution is 9.10. The SMILES string of the molecule is Cc1cc(NCC2CCC3(CCCCC3)O2)ccc1Br. The highest BCUT2D eigenvalue weighted by Gasteiger charge is 2.40. The van der Waals surface area contributed by atoms with E-state index in [4.69, 9.17) is 4.74 Å². The molecule has 1 heterocycles. The number of halogens is 1. The molecule has 20 heavy (non-hydrogen) atoms. The summed E-state index contributed by atoms with van der Waals surface area (Å²) in [6.07, 6.45) is 9.52. The predicted molar refractivity (Wildman–Crippen MR) is 87.3 cm³/mol. The van der Waals surface area contributed by atoms with Gasteiger partial charge in [0.05, 0.1) is 11.7 Å². The zero-order valence-corrected chi connectivity index (χ0v) is 13.8. The van der Waals surface area contributed by atoms with Crippen LogP contribution in [0.15, 0.2) is 22.7 Å². The average Bonchev–Trinajstić information content (AvgIpc) is 2.84. The van der Waals surface area contributed by atoms with Gasteiger partial charge in [-0.15, -0.1) is 0 Å². The molecule has 1 spiro atoms. The number of ether oxygens (including phenoxy) is 1. The Morgan fingerprint density at radius 1 is 1.25 bits per heavy atom. The Morgan fingerprint density at radius 2 is 2.05 bits per heavy atom. The van der Waals surface area contributed by atoms with Crippen molar-refractivity contribution in [2.75, 3.05) is 11.9 Å². The van der Waals surface area contributed by atoms with Crippen LogP contribution in [0.4, 0.5) is 5.69 Å². The van der Waals surface area contributed by atoms with Gasteiger partial charge in [0.2, 0.25) is 0 Å². The van der Waals surface area contributed by atoms with Gasteiger partial charge in [0.15, 0.2) is 0 Å². The van der Waals surface area contributed by atoms with Crippen molar-refractivity contribution in [1.29, 1.82) is 0 Å². The molecule has 2 nitrogen and oxygen atoms in total. The molecule has 1 saturated heterocycles. The molecule has 2 fully saturated rings. The van der Waals surface area contributed by atoms with Crippen molar-refractivity contribution in [1.82, 2.24) is 0 Å². The van der Waals surface area contributed by atoms with Crippen molar-refractivity contribution < 1.29 is 4.74 Å². The van der Waals surface area contributed by atoms with E-state index in [9.17, 15) is 0 Å². The van der Waals surface area contributed by atoms with Gasteiger partial charge in [0.1, 0.15) is 0 Å². The Hall–Kier alpha value is -0.540. The minimum atomic E-state index is 0.236. The molecule has 0 aromatic heterocycles. The fourth-order valence-corrected chi connectivity index (χ4v) is 3.84. The molecule has 1 aliphatic carbocycles. The minimum Gasteiger partial charge on any atom is -0.382 e. The smallest absolute Gasteiger partial charge is 0.0756 e. The third kappa shape index (κ3) is 3.20. The van der Waals surface area contributed by atoms with E-state index in [1.165, 1.54) is 60.7 Å². The van der Waals surface area contributed by atoms with E-state index in [2.05, 4.69) is 46.4 Å². The lowest BCUT2D eigenvalue weighted by Crippen LogP contribution is -2.33. The van der Waals surface area contributed by atoms with Gasteiger partial charge in [-0.1, -0.05) is 35.2 Å². The molecule has 0 amide bonds. The maximum atomic E-state index is 6.39. The summed E-state index contributed by atoms with van der Waals surface area (Å²) in [6, 6.07) is 6.42. The van der Waals surface area contributed by atoms with Crippen LogP contribution in [0.3, 0.4) is 0 Å². The van der Waals surface area contributed by atoms with Gasteiger partial charge in [-0.3, -0.25) is 0 Å². The molecule has 110 valence electrons. The first kappa shape index (κ1) is 14.4. The summed E-state index contributed by atoms with van der Waals surface area (Å²) in [7, 11) is 0. The molecule has 1 atom stereocenters. The first-order valence-electron chi connectivity index (χ1n) is 7.85. The summed E-state index contributed by atoms with van der Waals surface area (Å²) in [4.78, 5) is 0. The third-order valence-electron chi connectivity index (χ3n) is 4.80. The highest BCUT2D eigenvalue weighted by Crippen LogP contribution is 2.41. The molecule has 0 radical (unpaired) electrons. The largest absolute Gasteiger partial charge is 0.382 e. The van der Waals surface area contributed by atoms with Crippen molar-refractivity contribution in [3.63, 3.8) is 0 Å². The molecule has 1 N–H and O–H groups in total. The van der Waals surface area contributed by atoms with E-state index in [0.29, 0.717) is 6.10 Å². The Bertz CT molecular complexity index is 468. The monoisotopic (exact) mass is 337 g/mol. The normalized spacial score (nSPS) is 25.0. The van der Waals surface area contributed by atoms with Crippen LogP contribution in [0.2, 0.25) is 0 Å². The van der Waals surface area contributed by atoms with Crippen LogP contribution in [-0.2, 0) is 4.74 Å². The van der Waals surface area contributed by atoms with Crippen molar-refractivity contribution in [2.45, 2.75) is 63.6 Å². The van der Waals surface area contributed by atoms with Crippen LogP contribution in [0.25, 0.3) is 0 Å². The summed E-state index contributed by atoms with van der Waals surface area (Å²) < 4.78 is 7.56. The number of hydrogen-bond acceptors (Lipinski definition) is 2. The third-order valence-corrected chi connectivity index (χ3v) is 5.68. The van der Waals surface area contributed by atoms with E-state index in [1.54, 1.807) is 0 Å². The average molecular weight is 338 g/mol. The predicted octanol–water partition coefficient (Wildman–Crippen LogP) is 5.05. The number of nitrogens with one attached hydrogen (secondary N) is 1. The lowest BCUT2D eigenvalue weighted by atomic mass is 9.83. The first-order valence-corrected chi connectivity index (χ1v) is 8.64. The fourth-order valence-electron chi connectivity index (χ4n) is 3.59. The van der Waals surface area contributed by atoms with Gasteiger partial charge in [-0.25, -0.2) is 0 Å². The lowest BCUT2D eigenvalue weighted by Gasteiger charge is -2.33. The quantitative estimate of drug-likeness (QED) is 0.833. The minimum absolute atomic E-state index is 0.236. The van der Waals surface area contributed by atoms with E-state index in [-0.39, 0.29) is 5.60 Å². The van der Waals surface area contributed by atoms with Gasteiger partial charge in [-0.05, 0) is 56.4 Å². The van der Waals surface area contributed by atoms with Crippen LogP contribution in [-0.4, -0.2) is 18.2 Å². The Morgan fingerprint density at radius 3 is 2.80 bits per heavy atom. The van der Waals surface area contributed by atoms with Crippen LogP contribution >= 0.6 is 15.9 Å². The standard InChI is InChI=1S/C17H24BrNO/c1-13-11-14(5-6-16(13)18)19-12-15-7-10-17(20-15)8-3-2-4-9-17/h5-6,11,15,19H,2-4,7-10,12H2,1H3. The van der Waals surface area contributed by atoms with E-state index < -0.39 is 0 Å². The van der Waals surface area contributed by atoms with Crippen molar-refractivity contribution >= 4 is 21.6 Å². The second kappa shape index (κ2) is 6.07. The maximum absolute atomic E-state index is 6.39. The molecule has 2 aliphatic rings. The molecule has 1 unspecified atom stereocenters. The molecule has 0 bridgehead atoms. The van der Waals surface area contributed by atoms with Crippen LogP contribution in [0, 0.1) is 6.92 Å². The van der Waals surface area contributed by atoms with Gasteiger partial charge in [0, 0.05) is 16.7 Å². The molecule has 3 rings (SSSR count). The lowest BCUT2D eigenvalue weighted by molar-refractivity contribution is -0.0588. The Labute approximate surface area is 130 Å². The number of benzene rings is 1. The zero-order valence-electron chi connectivity index (χ0n) is 12.3. The van der Waals surface area contributed by atoms with E-state index in [0.717, 1.165) is 6.54 Å². The van der Waals surface area contributed by atoms with Crippen LogP contribution in [0.1, 0.15) is 50.5 Å². The Kier molecular flexibility index (Phi) is 4.37. The molecular weight excluding hydrogens is 314 g/mol. The molecule has 1 aliphatic heterocycles. The zero-order chi connectivity index (χ0) is 14.0.